The molecule has 0 radical (unpaired) electrons. The van der Waals surface area contributed by atoms with E-state index in [1.165, 1.54) is 0 Å². The number of carboxylic acids is 1. The topological polar surface area (TPSA) is 126 Å². The second-order valence-electron chi connectivity index (χ2n) is 7.09. The molecule has 9 nitrogen and oxygen atoms in total. The number of hydrogen-bond donors (Lipinski definition) is 3. The lowest BCUT2D eigenvalue weighted by molar-refractivity contribution is -0.139. The van der Waals surface area contributed by atoms with Crippen LogP contribution in [0.2, 0.25) is 0 Å². The number of ether oxygens (including phenoxy) is 1. The lowest BCUT2D eigenvalue weighted by Crippen LogP contribution is -2.43. The highest BCUT2D eigenvalue weighted by molar-refractivity contribution is 5.79. The van der Waals surface area contributed by atoms with Gasteiger partial charge in [-0.2, -0.15) is 0 Å². The zero-order valence-corrected chi connectivity index (χ0v) is 16.2. The highest BCUT2D eigenvalue weighted by Gasteiger charge is 2.23. The van der Waals surface area contributed by atoms with Gasteiger partial charge >= 0.3 is 12.1 Å². The second kappa shape index (κ2) is 9.63. The van der Waals surface area contributed by atoms with Gasteiger partial charge < -0.3 is 20.5 Å². The van der Waals surface area contributed by atoms with Crippen LogP contribution < -0.4 is 10.6 Å². The number of anilines is 1. The number of amides is 1. The highest BCUT2D eigenvalue weighted by atomic mass is 16.6. The second-order valence-corrected chi connectivity index (χ2v) is 7.09. The van der Waals surface area contributed by atoms with Gasteiger partial charge in [0.05, 0.1) is 11.4 Å². The predicted molar refractivity (Wildman–Crippen MR) is 104 cm³/mol. The van der Waals surface area contributed by atoms with Gasteiger partial charge in [-0.1, -0.05) is 6.07 Å². The van der Waals surface area contributed by atoms with Gasteiger partial charge in [-0.3, -0.25) is 4.98 Å². The molecule has 0 aromatic carbocycles. The first-order valence-corrected chi connectivity index (χ1v) is 8.95. The molecule has 0 bridgehead atoms. The van der Waals surface area contributed by atoms with Crippen LogP contribution in [0.4, 0.5) is 10.7 Å². The molecular formula is C19H25N5O4. The van der Waals surface area contributed by atoms with Gasteiger partial charge in [0, 0.05) is 18.9 Å². The summed E-state index contributed by atoms with van der Waals surface area (Å²) in [5.74, 6) is -0.686. The molecule has 0 saturated heterocycles. The molecule has 150 valence electrons. The Hall–Kier alpha value is -3.23. The molecule has 0 saturated carbocycles. The van der Waals surface area contributed by atoms with Crippen LogP contribution in [0, 0.1) is 0 Å². The maximum absolute atomic E-state index is 11.8. The summed E-state index contributed by atoms with van der Waals surface area (Å²) in [5, 5.41) is 14.7. The predicted octanol–water partition coefficient (Wildman–Crippen LogP) is 2.71. The number of hydrogen-bond acceptors (Lipinski definition) is 7. The number of aliphatic carboxylic acids is 1. The van der Waals surface area contributed by atoms with E-state index < -0.39 is 23.7 Å². The Morgan fingerprint density at radius 3 is 2.57 bits per heavy atom. The molecule has 2 rings (SSSR count). The number of carboxylic acid groups (broad SMARTS) is 1. The number of pyridine rings is 1. The number of aromatic nitrogens is 3. The van der Waals surface area contributed by atoms with E-state index in [1.807, 2.05) is 18.2 Å². The normalized spacial score (nSPS) is 12.1. The fourth-order valence-electron chi connectivity index (χ4n) is 2.31. The van der Waals surface area contributed by atoms with E-state index in [-0.39, 0.29) is 6.42 Å². The minimum Gasteiger partial charge on any atom is -0.480 e. The lowest BCUT2D eigenvalue weighted by Gasteiger charge is -2.22. The quantitative estimate of drug-likeness (QED) is 0.590. The van der Waals surface area contributed by atoms with Gasteiger partial charge in [0.15, 0.2) is 0 Å². The van der Waals surface area contributed by atoms with Crippen molar-refractivity contribution in [1.29, 1.82) is 0 Å². The SMILES string of the molecule is CC(C)(C)OC(=O)N[C@@H](CCCNc1nccc(-c2ccccn2)n1)C(=O)O. The zero-order chi connectivity index (χ0) is 20.6. The molecule has 0 aliphatic carbocycles. The molecule has 9 heteroatoms. The number of nitrogens with one attached hydrogen (secondary N) is 2. The van der Waals surface area contributed by atoms with Crippen LogP contribution in [-0.2, 0) is 9.53 Å². The van der Waals surface area contributed by atoms with E-state index in [0.29, 0.717) is 24.6 Å². The van der Waals surface area contributed by atoms with Crippen molar-refractivity contribution in [3.63, 3.8) is 0 Å². The molecule has 2 heterocycles. The molecule has 1 amide bonds. The van der Waals surface area contributed by atoms with Crippen molar-refractivity contribution in [2.45, 2.75) is 45.3 Å². The summed E-state index contributed by atoms with van der Waals surface area (Å²) in [6.45, 7) is 5.59. The summed E-state index contributed by atoms with van der Waals surface area (Å²) in [5.41, 5.74) is 0.735. The average molecular weight is 387 g/mol. The molecule has 2 aromatic rings. The summed E-state index contributed by atoms with van der Waals surface area (Å²) in [6, 6.07) is 6.29. The smallest absolute Gasteiger partial charge is 0.408 e. The van der Waals surface area contributed by atoms with Crippen LogP contribution in [0.3, 0.4) is 0 Å². The van der Waals surface area contributed by atoms with Crippen molar-refractivity contribution in [2.24, 2.45) is 0 Å². The molecule has 0 aliphatic rings. The third kappa shape index (κ3) is 7.18. The molecule has 28 heavy (non-hydrogen) atoms. The third-order valence-electron chi connectivity index (χ3n) is 3.52. The summed E-state index contributed by atoms with van der Waals surface area (Å²) in [4.78, 5) is 35.9. The molecule has 0 spiro atoms. The summed E-state index contributed by atoms with van der Waals surface area (Å²) in [7, 11) is 0. The molecule has 2 aromatic heterocycles. The standard InChI is InChI=1S/C19H25N5O4/c1-19(2,3)28-18(27)24-15(16(25)26)8-6-11-21-17-22-12-9-14(23-17)13-7-4-5-10-20-13/h4-5,7,9-10,12,15H,6,8,11H2,1-3H3,(H,24,27)(H,25,26)(H,21,22,23)/t15-/m0/s1. The largest absolute Gasteiger partial charge is 0.480 e. The van der Waals surface area contributed by atoms with Gasteiger partial charge in [-0.25, -0.2) is 19.6 Å². The monoisotopic (exact) mass is 387 g/mol. The van der Waals surface area contributed by atoms with Gasteiger partial charge in [-0.05, 0) is 51.8 Å². The van der Waals surface area contributed by atoms with E-state index in [2.05, 4.69) is 25.6 Å². The molecular weight excluding hydrogens is 362 g/mol. The fourth-order valence-corrected chi connectivity index (χ4v) is 2.31. The Labute approximate surface area is 163 Å². The zero-order valence-electron chi connectivity index (χ0n) is 16.2. The van der Waals surface area contributed by atoms with E-state index in [4.69, 9.17) is 4.74 Å². The van der Waals surface area contributed by atoms with Crippen molar-refractivity contribution in [1.82, 2.24) is 20.3 Å². The summed E-state index contributed by atoms with van der Waals surface area (Å²) >= 11 is 0. The number of carbonyl (C=O) groups excluding carboxylic acids is 1. The molecule has 0 fully saturated rings. The third-order valence-corrected chi connectivity index (χ3v) is 3.52. The van der Waals surface area contributed by atoms with Crippen molar-refractivity contribution in [3.05, 3.63) is 36.7 Å². The summed E-state index contributed by atoms with van der Waals surface area (Å²) in [6.07, 6.45) is 3.29. The van der Waals surface area contributed by atoms with Crippen LogP contribution in [0.25, 0.3) is 11.4 Å². The van der Waals surface area contributed by atoms with E-state index in [9.17, 15) is 14.7 Å². The molecule has 1 atom stereocenters. The minimum atomic E-state index is -1.11. The van der Waals surface area contributed by atoms with Crippen molar-refractivity contribution < 1.29 is 19.4 Å². The Morgan fingerprint density at radius 2 is 1.93 bits per heavy atom. The molecule has 0 unspecified atom stereocenters. The highest BCUT2D eigenvalue weighted by Crippen LogP contribution is 2.14. The Morgan fingerprint density at radius 1 is 1.14 bits per heavy atom. The van der Waals surface area contributed by atoms with Gasteiger partial charge in [-0.15, -0.1) is 0 Å². The number of nitrogens with zero attached hydrogens (tertiary/aromatic N) is 3. The average Bonchev–Trinajstić information content (AvgIpc) is 2.63. The van der Waals surface area contributed by atoms with Crippen LogP contribution >= 0.6 is 0 Å². The van der Waals surface area contributed by atoms with Crippen LogP contribution in [0.1, 0.15) is 33.6 Å². The first-order valence-electron chi connectivity index (χ1n) is 8.95. The van der Waals surface area contributed by atoms with Crippen LogP contribution in [0.5, 0.6) is 0 Å². The van der Waals surface area contributed by atoms with E-state index in [1.54, 1.807) is 39.2 Å². The number of rotatable bonds is 8. The van der Waals surface area contributed by atoms with Crippen molar-refractivity contribution in [3.8, 4) is 11.4 Å². The Kier molecular flexibility index (Phi) is 7.25. The lowest BCUT2D eigenvalue weighted by atomic mass is 10.1. The van der Waals surface area contributed by atoms with Crippen molar-refractivity contribution in [2.75, 3.05) is 11.9 Å². The molecule has 3 N–H and O–H groups in total. The fraction of sp³-hybridized carbons (Fsp3) is 0.421. The number of carbonyl (C=O) groups is 2. The Bertz CT molecular complexity index is 792. The number of alkyl carbamates (subject to hydrolysis) is 1. The van der Waals surface area contributed by atoms with Gasteiger partial charge in [0.2, 0.25) is 5.95 Å². The Balaban J connectivity index is 1.83. The van der Waals surface area contributed by atoms with Gasteiger partial charge in [0.25, 0.3) is 0 Å². The maximum atomic E-state index is 11.8. The first kappa shape index (κ1) is 21.1. The van der Waals surface area contributed by atoms with Crippen LogP contribution in [0.15, 0.2) is 36.7 Å². The first-order chi connectivity index (χ1) is 13.2. The maximum Gasteiger partial charge on any atom is 0.408 e. The van der Waals surface area contributed by atoms with Crippen molar-refractivity contribution >= 4 is 18.0 Å². The summed E-state index contributed by atoms with van der Waals surface area (Å²) < 4.78 is 5.09. The van der Waals surface area contributed by atoms with E-state index >= 15 is 0 Å². The minimum absolute atomic E-state index is 0.238. The molecule has 0 aliphatic heterocycles. The van der Waals surface area contributed by atoms with E-state index in [0.717, 1.165) is 5.69 Å². The van der Waals surface area contributed by atoms with Crippen LogP contribution in [-0.4, -0.2) is 50.3 Å². The van der Waals surface area contributed by atoms with Gasteiger partial charge in [0.1, 0.15) is 11.6 Å².